The largest absolute Gasteiger partial charge is 0.498 e. The Labute approximate surface area is 464 Å². The fraction of sp³-hybridized carbons (Fsp3) is 0.309. The summed E-state index contributed by atoms with van der Waals surface area (Å²) in [5, 5.41) is 14.4. The SMILES string of the molecule is CC(C)(C)c1ccc(-c2[c-]ccc(C(C)(C)C)c2)nc1.[2H]c1c([2H])c([2H])c(-c2cnc(-c3[c-]cc(C(C)(C)C)c4c3oc3c(-n5c6ccc(C(C)(C)C)cc6c6cc(C(C)(C)C)ccc65)c(C#N)ccc34)cc2C([2H])([2H])[2H])c([2H])c1[2H].[Ir]. The van der Waals surface area contributed by atoms with Gasteiger partial charge in [0.2, 0.25) is 0 Å². The molecular formula is C68H70IrN4O-2. The molecule has 0 aliphatic heterocycles. The summed E-state index contributed by atoms with van der Waals surface area (Å²) in [6, 6.07) is 36.9. The Morgan fingerprint density at radius 2 is 1.18 bits per heavy atom. The number of hydrogen-bond acceptors (Lipinski definition) is 4. The Morgan fingerprint density at radius 1 is 0.595 bits per heavy atom. The molecule has 4 heterocycles. The maximum Gasteiger partial charge on any atom is 0.146 e. The summed E-state index contributed by atoms with van der Waals surface area (Å²) in [5.41, 5.74) is 11.2. The van der Waals surface area contributed by atoms with Crippen LogP contribution in [0.1, 0.15) is 154 Å². The van der Waals surface area contributed by atoms with Gasteiger partial charge in [-0.25, -0.2) is 0 Å². The Kier molecular flexibility index (Phi) is 11.6. The first kappa shape index (κ1) is 43.7. The number of benzene rings is 6. The van der Waals surface area contributed by atoms with Gasteiger partial charge in [0.15, 0.2) is 0 Å². The van der Waals surface area contributed by atoms with Crippen molar-refractivity contribution in [2.24, 2.45) is 0 Å². The zero-order valence-corrected chi connectivity index (χ0v) is 47.7. The predicted molar refractivity (Wildman–Crippen MR) is 307 cm³/mol. The molecule has 0 aliphatic carbocycles. The fourth-order valence-electron chi connectivity index (χ4n) is 9.42. The quantitative estimate of drug-likeness (QED) is 0.165. The molecule has 5 nitrogen and oxygen atoms in total. The second-order valence-electron chi connectivity index (χ2n) is 24.4. The second kappa shape index (κ2) is 19.6. The number of aryl methyl sites for hydroxylation is 1. The summed E-state index contributed by atoms with van der Waals surface area (Å²) < 4.78 is 76.6. The predicted octanol–water partition coefficient (Wildman–Crippen LogP) is 18.4. The molecule has 0 spiro atoms. The molecule has 10 rings (SSSR count). The van der Waals surface area contributed by atoms with E-state index in [1.807, 2.05) is 30.5 Å². The van der Waals surface area contributed by atoms with E-state index in [0.29, 0.717) is 28.0 Å². The summed E-state index contributed by atoms with van der Waals surface area (Å²) in [6.07, 6.45) is 3.23. The van der Waals surface area contributed by atoms with Crippen molar-refractivity contribution in [1.29, 1.82) is 5.26 Å². The van der Waals surface area contributed by atoms with Crippen molar-refractivity contribution in [2.75, 3.05) is 0 Å². The summed E-state index contributed by atoms with van der Waals surface area (Å²) >= 11 is 0. The summed E-state index contributed by atoms with van der Waals surface area (Å²) in [4.78, 5) is 9.29. The van der Waals surface area contributed by atoms with Crippen LogP contribution in [-0.4, -0.2) is 14.5 Å². The summed E-state index contributed by atoms with van der Waals surface area (Å²) in [6.45, 7) is 29.9. The number of fused-ring (bicyclic) bond motifs is 6. The summed E-state index contributed by atoms with van der Waals surface area (Å²) in [7, 11) is 0. The van der Waals surface area contributed by atoms with E-state index in [1.165, 1.54) is 34.5 Å². The molecule has 0 N–H and O–H groups in total. The van der Waals surface area contributed by atoms with Crippen LogP contribution in [0.15, 0.2) is 138 Å². The van der Waals surface area contributed by atoms with E-state index in [0.717, 1.165) is 49.4 Å². The molecule has 0 aliphatic rings. The third-order valence-corrected chi connectivity index (χ3v) is 13.8. The molecule has 0 amide bonds. The van der Waals surface area contributed by atoms with Gasteiger partial charge in [-0.2, -0.15) is 5.26 Å². The van der Waals surface area contributed by atoms with E-state index in [9.17, 15) is 5.26 Å². The van der Waals surface area contributed by atoms with Gasteiger partial charge in [0.1, 0.15) is 17.3 Å². The van der Waals surface area contributed by atoms with Crippen LogP contribution in [0.5, 0.6) is 0 Å². The van der Waals surface area contributed by atoms with E-state index in [-0.39, 0.29) is 64.1 Å². The topological polar surface area (TPSA) is 67.6 Å². The monoisotopic (exact) mass is 1160 g/mol. The standard InChI is InChI=1S/C49H46N3O.C19H24N.Ir/c1-29-24-40(51-28-38(29)30-14-12-11-13-15-30)34-20-21-39(49(8,9)10)43-35-19-16-31(27-50)44(46(35)53-45(34)43)52-41-22-17-32(47(2,3)4)25-36(41)37-26-33(48(5,6)7)18-23-42(37)52;1-18(2,3)15-9-7-8-14(12-15)17-11-10-16(13-20-17)19(4,5)6;/h11-19,21-26,28H,1-10H3;7,9-13H,1-6H3;/q2*-1;/i1D3,11D,12D,13D,14D,15D;;. The smallest absolute Gasteiger partial charge is 0.146 e. The van der Waals surface area contributed by atoms with E-state index in [1.54, 1.807) is 0 Å². The van der Waals surface area contributed by atoms with Gasteiger partial charge < -0.3 is 19.0 Å². The van der Waals surface area contributed by atoms with Crippen molar-refractivity contribution in [1.82, 2.24) is 14.5 Å². The number of furan rings is 1. The van der Waals surface area contributed by atoms with Gasteiger partial charge in [-0.15, -0.1) is 53.1 Å². The molecule has 0 atom stereocenters. The Balaban J connectivity index is 0.000000354. The minimum atomic E-state index is -2.76. The van der Waals surface area contributed by atoms with Crippen molar-refractivity contribution in [3.63, 3.8) is 0 Å². The molecule has 10 aromatic rings. The molecule has 0 bridgehead atoms. The van der Waals surface area contributed by atoms with Gasteiger partial charge in [0.25, 0.3) is 0 Å². The minimum Gasteiger partial charge on any atom is -0.498 e. The van der Waals surface area contributed by atoms with Crippen molar-refractivity contribution in [3.8, 4) is 45.4 Å². The fourth-order valence-corrected chi connectivity index (χ4v) is 9.42. The van der Waals surface area contributed by atoms with E-state index < -0.39 is 42.5 Å². The van der Waals surface area contributed by atoms with Crippen LogP contribution in [0, 0.1) is 30.3 Å². The Bertz CT molecular complexity index is 4090. The van der Waals surface area contributed by atoms with Gasteiger partial charge in [-0.3, -0.25) is 0 Å². The number of rotatable bonds is 4. The number of aromatic nitrogens is 3. The van der Waals surface area contributed by atoms with Crippen molar-refractivity contribution in [2.45, 2.75) is 138 Å². The van der Waals surface area contributed by atoms with Crippen molar-refractivity contribution >= 4 is 43.7 Å². The van der Waals surface area contributed by atoms with Crippen LogP contribution in [-0.2, 0) is 47.2 Å². The van der Waals surface area contributed by atoms with Crippen LogP contribution in [0.3, 0.4) is 0 Å². The van der Waals surface area contributed by atoms with Crippen LogP contribution in [0.4, 0.5) is 0 Å². The molecule has 0 fully saturated rings. The van der Waals surface area contributed by atoms with Crippen LogP contribution in [0.2, 0.25) is 0 Å². The molecule has 6 aromatic carbocycles. The Hall–Kier alpha value is -6.64. The molecule has 379 valence electrons. The molecule has 4 aromatic heterocycles. The molecule has 0 unspecified atom stereocenters. The molecule has 6 heteroatoms. The number of hydrogen-bond donors (Lipinski definition) is 0. The van der Waals surface area contributed by atoms with Gasteiger partial charge in [-0.1, -0.05) is 181 Å². The Morgan fingerprint density at radius 3 is 1.72 bits per heavy atom. The maximum absolute atomic E-state index is 10.8. The molecular weight excluding hydrogens is 1080 g/mol. The first-order valence-corrected chi connectivity index (χ1v) is 25.0. The summed E-state index contributed by atoms with van der Waals surface area (Å²) in [5.74, 6) is 0. The van der Waals surface area contributed by atoms with Crippen molar-refractivity contribution < 1.29 is 35.5 Å². The number of nitriles is 1. The second-order valence-corrected chi connectivity index (χ2v) is 24.4. The third-order valence-electron chi connectivity index (χ3n) is 13.8. The minimum absolute atomic E-state index is 0. The van der Waals surface area contributed by atoms with E-state index in [2.05, 4.69) is 197 Å². The van der Waals surface area contributed by atoms with Crippen LogP contribution >= 0.6 is 0 Å². The van der Waals surface area contributed by atoms with Gasteiger partial charge in [0.05, 0.1) is 29.0 Å². The average molecular weight is 1160 g/mol. The van der Waals surface area contributed by atoms with Gasteiger partial charge in [-0.05, 0) is 103 Å². The molecule has 1 radical (unpaired) electrons. The van der Waals surface area contributed by atoms with Gasteiger partial charge in [0, 0.05) is 58.3 Å². The zero-order chi connectivity index (χ0) is 59.4. The van der Waals surface area contributed by atoms with Gasteiger partial charge >= 0.3 is 0 Å². The normalized spacial score (nSPS) is 14.2. The third kappa shape index (κ3) is 10.3. The van der Waals surface area contributed by atoms with Crippen LogP contribution in [0.25, 0.3) is 83.1 Å². The molecule has 0 saturated heterocycles. The van der Waals surface area contributed by atoms with Crippen molar-refractivity contribution in [3.05, 3.63) is 185 Å². The zero-order valence-electron chi connectivity index (χ0n) is 53.3. The number of pyridine rings is 2. The van der Waals surface area contributed by atoms with E-state index >= 15 is 0 Å². The first-order chi connectivity index (χ1) is 37.5. The average Bonchev–Trinajstić information content (AvgIpc) is 3.95. The first-order valence-electron chi connectivity index (χ1n) is 29.0. The maximum atomic E-state index is 10.8. The van der Waals surface area contributed by atoms with Crippen LogP contribution < -0.4 is 0 Å². The molecule has 0 saturated carbocycles. The van der Waals surface area contributed by atoms with E-state index in [4.69, 9.17) is 15.4 Å². The number of nitrogens with zero attached hydrogens (tertiary/aromatic N) is 4. The molecule has 74 heavy (non-hydrogen) atoms.